The van der Waals surface area contributed by atoms with Crippen molar-refractivity contribution in [2.45, 2.75) is 6.42 Å². The Morgan fingerprint density at radius 3 is 2.71 bits per heavy atom. The lowest BCUT2D eigenvalue weighted by Gasteiger charge is -2.05. The Hall–Kier alpha value is -1.68. The Morgan fingerprint density at radius 1 is 1.24 bits per heavy atom. The summed E-state index contributed by atoms with van der Waals surface area (Å²) >= 11 is 5.70. The van der Waals surface area contributed by atoms with Crippen LogP contribution in [-0.4, -0.2) is 16.7 Å². The molecule has 0 bridgehead atoms. The van der Waals surface area contributed by atoms with Gasteiger partial charge in [-0.1, -0.05) is 23.7 Å². The lowest BCUT2D eigenvalue weighted by Crippen LogP contribution is -2.05. The van der Waals surface area contributed by atoms with Crippen LogP contribution in [0, 0.1) is 5.82 Å². The predicted molar refractivity (Wildman–Crippen MR) is 65.6 cm³/mol. The highest BCUT2D eigenvalue weighted by atomic mass is 35.5. The molecule has 2 aromatic rings. The maximum Gasteiger partial charge on any atom is 0.153 e. The van der Waals surface area contributed by atoms with Gasteiger partial charge in [0, 0.05) is 12.6 Å². The van der Waals surface area contributed by atoms with Gasteiger partial charge in [-0.25, -0.2) is 4.39 Å². The minimum absolute atomic E-state index is 0.216. The number of hydrogen-bond donors (Lipinski definition) is 1. The van der Waals surface area contributed by atoms with Crippen molar-refractivity contribution in [3.8, 4) is 0 Å². The van der Waals surface area contributed by atoms with E-state index in [2.05, 4.69) is 15.5 Å². The zero-order valence-corrected chi connectivity index (χ0v) is 9.78. The van der Waals surface area contributed by atoms with Gasteiger partial charge in [0.2, 0.25) is 0 Å². The molecule has 1 heterocycles. The largest absolute Gasteiger partial charge is 0.383 e. The van der Waals surface area contributed by atoms with Crippen LogP contribution in [0.5, 0.6) is 0 Å². The summed E-state index contributed by atoms with van der Waals surface area (Å²) in [5, 5.41) is 10.9. The van der Waals surface area contributed by atoms with Crippen LogP contribution in [0.2, 0.25) is 5.15 Å². The molecule has 0 aliphatic carbocycles. The third-order valence-corrected chi connectivity index (χ3v) is 2.47. The lowest BCUT2D eigenvalue weighted by atomic mass is 10.1. The maximum atomic E-state index is 12.7. The first-order valence-corrected chi connectivity index (χ1v) is 5.58. The molecule has 0 aliphatic heterocycles. The molecule has 3 nitrogen and oxygen atoms in total. The van der Waals surface area contributed by atoms with Crippen molar-refractivity contribution in [1.29, 1.82) is 0 Å². The monoisotopic (exact) mass is 251 g/mol. The summed E-state index contributed by atoms with van der Waals surface area (Å²) in [7, 11) is 0. The second-order valence-electron chi connectivity index (χ2n) is 3.57. The molecule has 0 saturated heterocycles. The number of nitrogens with zero attached hydrogens (tertiary/aromatic N) is 2. The van der Waals surface area contributed by atoms with E-state index in [1.807, 2.05) is 0 Å². The molecular weight excluding hydrogens is 241 g/mol. The van der Waals surface area contributed by atoms with E-state index < -0.39 is 0 Å². The van der Waals surface area contributed by atoms with E-state index in [4.69, 9.17) is 11.6 Å². The molecule has 1 aromatic heterocycles. The third-order valence-electron chi connectivity index (χ3n) is 2.28. The molecule has 0 amide bonds. The molecule has 88 valence electrons. The number of nitrogens with one attached hydrogen (secondary N) is 1. The summed E-state index contributed by atoms with van der Waals surface area (Å²) in [6.45, 7) is 0.730. The van der Waals surface area contributed by atoms with Gasteiger partial charge in [0.1, 0.15) is 5.82 Å². The summed E-state index contributed by atoms with van der Waals surface area (Å²) in [5.74, 6) is -0.216. The highest BCUT2D eigenvalue weighted by Gasteiger charge is 1.97. The van der Waals surface area contributed by atoms with Crippen molar-refractivity contribution in [2.24, 2.45) is 0 Å². The van der Waals surface area contributed by atoms with Crippen LogP contribution in [0.25, 0.3) is 0 Å². The van der Waals surface area contributed by atoms with Crippen LogP contribution in [0.3, 0.4) is 0 Å². The first-order chi connectivity index (χ1) is 8.24. The average Bonchev–Trinajstić information content (AvgIpc) is 2.32. The Bertz CT molecular complexity index is 487. The van der Waals surface area contributed by atoms with Crippen LogP contribution in [0.4, 0.5) is 10.1 Å². The number of halogens is 2. The lowest BCUT2D eigenvalue weighted by molar-refractivity contribution is 0.627. The molecule has 0 spiro atoms. The second-order valence-corrected chi connectivity index (χ2v) is 3.96. The van der Waals surface area contributed by atoms with E-state index in [1.54, 1.807) is 24.4 Å². The molecule has 0 unspecified atom stereocenters. The standard InChI is InChI=1S/C12H11ClFN3/c13-12-7-11(8-16-17-12)15-6-5-9-1-3-10(14)4-2-9/h1-4,7-8H,5-6H2,(H,15,17). The zero-order valence-electron chi connectivity index (χ0n) is 9.03. The van der Waals surface area contributed by atoms with Gasteiger partial charge in [-0.05, 0) is 24.1 Å². The second kappa shape index (κ2) is 5.59. The van der Waals surface area contributed by atoms with E-state index in [9.17, 15) is 4.39 Å². The van der Waals surface area contributed by atoms with Gasteiger partial charge >= 0.3 is 0 Å². The molecule has 17 heavy (non-hydrogen) atoms. The van der Waals surface area contributed by atoms with Crippen LogP contribution >= 0.6 is 11.6 Å². The molecule has 0 saturated carbocycles. The van der Waals surface area contributed by atoms with Crippen molar-refractivity contribution < 1.29 is 4.39 Å². The minimum atomic E-state index is -0.216. The van der Waals surface area contributed by atoms with Crippen LogP contribution in [0.15, 0.2) is 36.5 Å². The van der Waals surface area contributed by atoms with Crippen molar-refractivity contribution in [1.82, 2.24) is 10.2 Å². The Morgan fingerprint density at radius 2 is 2.00 bits per heavy atom. The summed E-state index contributed by atoms with van der Waals surface area (Å²) in [4.78, 5) is 0. The van der Waals surface area contributed by atoms with Crippen LogP contribution in [0.1, 0.15) is 5.56 Å². The fourth-order valence-electron chi connectivity index (χ4n) is 1.44. The van der Waals surface area contributed by atoms with Gasteiger partial charge in [-0.3, -0.25) is 0 Å². The van der Waals surface area contributed by atoms with Crippen molar-refractivity contribution in [3.05, 3.63) is 53.1 Å². The van der Waals surface area contributed by atoms with E-state index in [1.165, 1.54) is 12.1 Å². The van der Waals surface area contributed by atoms with Crippen LogP contribution < -0.4 is 5.32 Å². The topological polar surface area (TPSA) is 37.8 Å². The first-order valence-electron chi connectivity index (χ1n) is 5.20. The van der Waals surface area contributed by atoms with E-state index in [0.717, 1.165) is 24.2 Å². The van der Waals surface area contributed by atoms with E-state index in [-0.39, 0.29) is 5.82 Å². The summed E-state index contributed by atoms with van der Waals surface area (Å²) in [6.07, 6.45) is 2.41. The molecule has 1 N–H and O–H groups in total. The Labute approximate surface area is 104 Å². The molecule has 1 aromatic carbocycles. The first kappa shape index (κ1) is 11.8. The molecule has 2 rings (SSSR count). The predicted octanol–water partition coefficient (Wildman–Crippen LogP) is 2.92. The SMILES string of the molecule is Fc1ccc(CCNc2cnnc(Cl)c2)cc1. The van der Waals surface area contributed by atoms with E-state index >= 15 is 0 Å². The van der Waals surface area contributed by atoms with Crippen molar-refractivity contribution >= 4 is 17.3 Å². The number of aromatic nitrogens is 2. The van der Waals surface area contributed by atoms with Crippen molar-refractivity contribution in [3.63, 3.8) is 0 Å². The Balaban J connectivity index is 1.85. The molecular formula is C12H11ClFN3. The van der Waals surface area contributed by atoms with Gasteiger partial charge in [-0.15, -0.1) is 5.10 Å². The van der Waals surface area contributed by atoms with Gasteiger partial charge in [-0.2, -0.15) is 5.10 Å². The molecule has 0 fully saturated rings. The fourth-order valence-corrected chi connectivity index (χ4v) is 1.60. The summed E-state index contributed by atoms with van der Waals surface area (Å²) in [5.41, 5.74) is 1.90. The quantitative estimate of drug-likeness (QED) is 0.908. The van der Waals surface area contributed by atoms with E-state index in [0.29, 0.717) is 5.15 Å². The average molecular weight is 252 g/mol. The highest BCUT2D eigenvalue weighted by Crippen LogP contribution is 2.10. The maximum absolute atomic E-state index is 12.7. The minimum Gasteiger partial charge on any atom is -0.383 e. The fraction of sp³-hybridized carbons (Fsp3) is 0.167. The van der Waals surface area contributed by atoms with Gasteiger partial charge < -0.3 is 5.32 Å². The molecule has 0 radical (unpaired) electrons. The van der Waals surface area contributed by atoms with Crippen LogP contribution in [-0.2, 0) is 6.42 Å². The van der Waals surface area contributed by atoms with Gasteiger partial charge in [0.05, 0.1) is 11.9 Å². The molecule has 0 atom stereocenters. The normalized spacial score (nSPS) is 10.2. The Kier molecular flexibility index (Phi) is 3.88. The van der Waals surface area contributed by atoms with Gasteiger partial charge in [0.15, 0.2) is 5.15 Å². The number of hydrogen-bond acceptors (Lipinski definition) is 3. The zero-order chi connectivity index (χ0) is 12.1. The number of benzene rings is 1. The summed E-state index contributed by atoms with van der Waals surface area (Å²) in [6, 6.07) is 8.17. The molecule has 5 heteroatoms. The third kappa shape index (κ3) is 3.67. The molecule has 0 aliphatic rings. The summed E-state index contributed by atoms with van der Waals surface area (Å²) < 4.78 is 12.7. The highest BCUT2D eigenvalue weighted by molar-refractivity contribution is 6.29. The number of rotatable bonds is 4. The number of anilines is 1. The smallest absolute Gasteiger partial charge is 0.153 e. The van der Waals surface area contributed by atoms with Gasteiger partial charge in [0.25, 0.3) is 0 Å². The van der Waals surface area contributed by atoms with Crippen molar-refractivity contribution in [2.75, 3.05) is 11.9 Å².